The third kappa shape index (κ3) is 2.58. The maximum absolute atomic E-state index is 12.1. The van der Waals surface area contributed by atoms with Gasteiger partial charge in [0.05, 0.1) is 12.1 Å². The average Bonchev–Trinajstić information content (AvgIpc) is 2.93. The standard InChI is InChI=1S/C15H15N3OS/c1-10-3-4-13(11(2)7-10)17-14(19)8-12-9-18-5-6-20-15(18)16-12/h3-7,9H,8H2,1-2H3,(H,17,19). The van der Waals surface area contributed by atoms with Crippen LogP contribution in [0.3, 0.4) is 0 Å². The number of imidazole rings is 1. The molecule has 2 aromatic heterocycles. The van der Waals surface area contributed by atoms with Crippen molar-refractivity contribution in [1.29, 1.82) is 0 Å². The van der Waals surface area contributed by atoms with Gasteiger partial charge in [0.2, 0.25) is 5.91 Å². The first-order chi connectivity index (χ1) is 9.61. The number of nitrogens with one attached hydrogen (secondary N) is 1. The minimum absolute atomic E-state index is 0.0392. The Balaban J connectivity index is 1.71. The molecule has 0 aliphatic heterocycles. The molecule has 0 saturated heterocycles. The van der Waals surface area contributed by atoms with Crippen molar-refractivity contribution in [2.75, 3.05) is 5.32 Å². The molecule has 0 saturated carbocycles. The Bertz CT molecular complexity index is 744. The minimum Gasteiger partial charge on any atom is -0.326 e. The van der Waals surface area contributed by atoms with Crippen LogP contribution >= 0.6 is 11.3 Å². The van der Waals surface area contributed by atoms with Crippen LogP contribution in [0, 0.1) is 13.8 Å². The van der Waals surface area contributed by atoms with E-state index in [9.17, 15) is 4.79 Å². The normalized spacial score (nSPS) is 10.9. The number of anilines is 1. The van der Waals surface area contributed by atoms with E-state index in [1.807, 2.05) is 48.2 Å². The Kier molecular flexibility index (Phi) is 3.28. The topological polar surface area (TPSA) is 46.4 Å². The average molecular weight is 285 g/mol. The highest BCUT2D eigenvalue weighted by molar-refractivity contribution is 7.15. The fourth-order valence-corrected chi connectivity index (χ4v) is 2.89. The number of thiazole rings is 1. The van der Waals surface area contributed by atoms with Crippen molar-refractivity contribution in [3.8, 4) is 0 Å². The largest absolute Gasteiger partial charge is 0.326 e. The lowest BCUT2D eigenvalue weighted by Gasteiger charge is -2.08. The van der Waals surface area contributed by atoms with Gasteiger partial charge in [-0.3, -0.25) is 9.20 Å². The lowest BCUT2D eigenvalue weighted by atomic mass is 10.1. The third-order valence-electron chi connectivity index (χ3n) is 3.14. The second-order valence-electron chi connectivity index (χ2n) is 4.87. The van der Waals surface area contributed by atoms with Crippen LogP contribution in [-0.2, 0) is 11.2 Å². The van der Waals surface area contributed by atoms with Crippen molar-refractivity contribution >= 4 is 27.9 Å². The summed E-state index contributed by atoms with van der Waals surface area (Å²) in [6, 6.07) is 5.99. The Morgan fingerprint density at radius 1 is 1.40 bits per heavy atom. The molecule has 5 heteroatoms. The van der Waals surface area contributed by atoms with Crippen molar-refractivity contribution in [3.63, 3.8) is 0 Å². The molecule has 1 amide bonds. The molecule has 1 aromatic carbocycles. The zero-order valence-electron chi connectivity index (χ0n) is 11.4. The zero-order chi connectivity index (χ0) is 14.1. The number of hydrogen-bond donors (Lipinski definition) is 1. The van der Waals surface area contributed by atoms with Gasteiger partial charge in [-0.1, -0.05) is 17.7 Å². The van der Waals surface area contributed by atoms with E-state index in [0.29, 0.717) is 6.42 Å². The fourth-order valence-electron chi connectivity index (χ4n) is 2.17. The molecule has 1 N–H and O–H groups in total. The Morgan fingerprint density at radius 3 is 3.00 bits per heavy atom. The summed E-state index contributed by atoms with van der Waals surface area (Å²) >= 11 is 1.56. The van der Waals surface area contributed by atoms with Crippen LogP contribution in [0.4, 0.5) is 5.69 Å². The van der Waals surface area contributed by atoms with Gasteiger partial charge in [0.25, 0.3) is 0 Å². The van der Waals surface area contributed by atoms with Crippen LogP contribution in [0.15, 0.2) is 36.0 Å². The smallest absolute Gasteiger partial charge is 0.230 e. The van der Waals surface area contributed by atoms with E-state index in [1.165, 1.54) is 5.56 Å². The Hall–Kier alpha value is -2.14. The highest BCUT2D eigenvalue weighted by Crippen LogP contribution is 2.17. The summed E-state index contributed by atoms with van der Waals surface area (Å²) < 4.78 is 1.93. The van der Waals surface area contributed by atoms with Gasteiger partial charge in [-0.15, -0.1) is 11.3 Å². The fraction of sp³-hybridized carbons (Fsp3) is 0.200. The SMILES string of the molecule is Cc1ccc(NC(=O)Cc2cn3ccsc3n2)c(C)c1. The second kappa shape index (κ2) is 5.09. The molecule has 0 unspecified atom stereocenters. The first kappa shape index (κ1) is 12.9. The summed E-state index contributed by atoms with van der Waals surface area (Å²) in [6.45, 7) is 4.03. The number of hydrogen-bond acceptors (Lipinski definition) is 3. The highest BCUT2D eigenvalue weighted by atomic mass is 32.1. The van der Waals surface area contributed by atoms with Crippen molar-refractivity contribution in [3.05, 3.63) is 52.8 Å². The molecule has 0 radical (unpaired) electrons. The van der Waals surface area contributed by atoms with Gasteiger partial charge in [-0.2, -0.15) is 0 Å². The molecule has 3 rings (SSSR count). The van der Waals surface area contributed by atoms with Crippen molar-refractivity contribution in [2.45, 2.75) is 20.3 Å². The number of amides is 1. The van der Waals surface area contributed by atoms with Crippen LogP contribution in [0.2, 0.25) is 0 Å². The van der Waals surface area contributed by atoms with Gasteiger partial charge in [-0.25, -0.2) is 4.98 Å². The summed E-state index contributed by atoms with van der Waals surface area (Å²) in [5.41, 5.74) is 3.92. The minimum atomic E-state index is -0.0392. The van der Waals surface area contributed by atoms with Gasteiger partial charge in [0, 0.05) is 23.5 Å². The predicted molar refractivity (Wildman–Crippen MR) is 81.3 cm³/mol. The molecule has 0 aliphatic carbocycles. The van der Waals surface area contributed by atoms with Crippen LogP contribution in [0.1, 0.15) is 16.8 Å². The highest BCUT2D eigenvalue weighted by Gasteiger charge is 2.09. The number of fused-ring (bicyclic) bond motifs is 1. The molecule has 0 bridgehead atoms. The summed E-state index contributed by atoms with van der Waals surface area (Å²) in [4.78, 5) is 17.4. The van der Waals surface area contributed by atoms with Gasteiger partial charge in [0.1, 0.15) is 0 Å². The molecule has 2 heterocycles. The molecule has 0 aliphatic rings. The number of carbonyl (C=O) groups is 1. The maximum atomic E-state index is 12.1. The van der Waals surface area contributed by atoms with Crippen LogP contribution < -0.4 is 5.32 Å². The molecule has 20 heavy (non-hydrogen) atoms. The monoisotopic (exact) mass is 285 g/mol. The summed E-state index contributed by atoms with van der Waals surface area (Å²) in [5.74, 6) is -0.0392. The number of benzene rings is 1. The number of carbonyl (C=O) groups excluding carboxylic acids is 1. The second-order valence-corrected chi connectivity index (χ2v) is 5.74. The number of aryl methyl sites for hydroxylation is 2. The van der Waals surface area contributed by atoms with Gasteiger partial charge in [0.15, 0.2) is 4.96 Å². The Labute approximate surface area is 121 Å². The number of rotatable bonds is 3. The quantitative estimate of drug-likeness (QED) is 0.803. The zero-order valence-corrected chi connectivity index (χ0v) is 12.2. The lowest BCUT2D eigenvalue weighted by Crippen LogP contribution is -2.15. The molecule has 0 spiro atoms. The van der Waals surface area contributed by atoms with Gasteiger partial charge < -0.3 is 5.32 Å². The van der Waals surface area contributed by atoms with Crippen molar-refractivity contribution in [1.82, 2.24) is 9.38 Å². The molecule has 4 nitrogen and oxygen atoms in total. The molecule has 102 valence electrons. The number of aromatic nitrogens is 2. The Morgan fingerprint density at radius 2 is 2.25 bits per heavy atom. The summed E-state index contributed by atoms with van der Waals surface area (Å²) in [6.07, 6.45) is 4.13. The van der Waals surface area contributed by atoms with E-state index in [1.54, 1.807) is 11.3 Å². The van der Waals surface area contributed by atoms with Crippen LogP contribution in [-0.4, -0.2) is 15.3 Å². The van der Waals surface area contributed by atoms with E-state index in [0.717, 1.165) is 21.9 Å². The third-order valence-corrected chi connectivity index (χ3v) is 3.91. The summed E-state index contributed by atoms with van der Waals surface area (Å²) in [5, 5.41) is 4.91. The molecular weight excluding hydrogens is 270 g/mol. The van der Waals surface area contributed by atoms with E-state index in [-0.39, 0.29) is 5.91 Å². The van der Waals surface area contributed by atoms with E-state index in [4.69, 9.17) is 0 Å². The summed E-state index contributed by atoms with van der Waals surface area (Å²) in [7, 11) is 0. The van der Waals surface area contributed by atoms with E-state index >= 15 is 0 Å². The maximum Gasteiger partial charge on any atom is 0.230 e. The molecule has 0 atom stereocenters. The van der Waals surface area contributed by atoms with Gasteiger partial charge >= 0.3 is 0 Å². The molecule has 0 fully saturated rings. The van der Waals surface area contributed by atoms with E-state index < -0.39 is 0 Å². The van der Waals surface area contributed by atoms with Crippen molar-refractivity contribution < 1.29 is 4.79 Å². The first-order valence-electron chi connectivity index (χ1n) is 6.40. The van der Waals surface area contributed by atoms with Gasteiger partial charge in [-0.05, 0) is 25.5 Å². The van der Waals surface area contributed by atoms with E-state index in [2.05, 4.69) is 16.4 Å². The lowest BCUT2D eigenvalue weighted by molar-refractivity contribution is -0.115. The molecule has 3 aromatic rings. The number of nitrogens with zero attached hydrogens (tertiary/aromatic N) is 2. The van der Waals surface area contributed by atoms with Crippen LogP contribution in [0.5, 0.6) is 0 Å². The molecular formula is C15H15N3OS. The predicted octanol–water partition coefficient (Wildman–Crippen LogP) is 3.19. The first-order valence-corrected chi connectivity index (χ1v) is 7.28. The van der Waals surface area contributed by atoms with Crippen molar-refractivity contribution in [2.24, 2.45) is 0 Å². The van der Waals surface area contributed by atoms with Crippen LogP contribution in [0.25, 0.3) is 4.96 Å².